The number of H-pyrrole nitrogens is 1. The standard InChI is InChI=1S/C21H24FN3O/c1-13-11-25(3)12-14(2)21(13,26)16-6-4-15(5-7-16)17-8-9-23-20-19(17)18(22)10-24-20/h4-10,13-14,26H,11-12H2,1-3H3,(H,23,24)/t13-,14+,21-. The van der Waals surface area contributed by atoms with E-state index < -0.39 is 5.60 Å². The summed E-state index contributed by atoms with van der Waals surface area (Å²) in [6, 6.07) is 9.71. The van der Waals surface area contributed by atoms with Gasteiger partial charge < -0.3 is 15.0 Å². The number of halogens is 1. The maximum atomic E-state index is 14.1. The van der Waals surface area contributed by atoms with Crippen LogP contribution in [0.1, 0.15) is 19.4 Å². The third-order valence-electron chi connectivity index (χ3n) is 5.86. The summed E-state index contributed by atoms with van der Waals surface area (Å²) in [5.74, 6) is -0.0305. The molecule has 1 aliphatic rings. The Balaban J connectivity index is 1.74. The average Bonchev–Trinajstić information content (AvgIpc) is 3.01. The van der Waals surface area contributed by atoms with Gasteiger partial charge in [-0.2, -0.15) is 0 Å². The topological polar surface area (TPSA) is 52.1 Å². The Bertz CT molecular complexity index is 922. The van der Waals surface area contributed by atoms with E-state index in [9.17, 15) is 9.50 Å². The number of aromatic nitrogens is 2. The molecule has 0 unspecified atom stereocenters. The summed E-state index contributed by atoms with van der Waals surface area (Å²) in [4.78, 5) is 9.29. The van der Waals surface area contributed by atoms with Gasteiger partial charge in [-0.3, -0.25) is 0 Å². The monoisotopic (exact) mass is 353 g/mol. The molecule has 1 aliphatic heterocycles. The minimum absolute atomic E-state index is 0.136. The molecule has 1 saturated heterocycles. The number of aromatic amines is 1. The van der Waals surface area contributed by atoms with Gasteiger partial charge in [-0.1, -0.05) is 38.1 Å². The van der Waals surface area contributed by atoms with Gasteiger partial charge in [0.1, 0.15) is 5.65 Å². The van der Waals surface area contributed by atoms with Gasteiger partial charge in [-0.05, 0) is 29.8 Å². The van der Waals surface area contributed by atoms with Crippen LogP contribution >= 0.6 is 0 Å². The molecule has 1 aromatic carbocycles. The molecule has 3 heterocycles. The van der Waals surface area contributed by atoms with E-state index in [-0.39, 0.29) is 17.7 Å². The van der Waals surface area contributed by atoms with Gasteiger partial charge in [0.25, 0.3) is 0 Å². The van der Waals surface area contributed by atoms with Gasteiger partial charge in [-0.15, -0.1) is 0 Å². The molecule has 1 fully saturated rings. The highest BCUT2D eigenvalue weighted by Gasteiger charge is 2.44. The molecule has 5 heteroatoms. The number of rotatable bonds is 2. The smallest absolute Gasteiger partial charge is 0.150 e. The fraction of sp³-hybridized carbons (Fsp3) is 0.381. The van der Waals surface area contributed by atoms with Gasteiger partial charge in [0.05, 0.1) is 11.0 Å². The summed E-state index contributed by atoms with van der Waals surface area (Å²) in [6.45, 7) is 5.92. The lowest BCUT2D eigenvalue weighted by Crippen LogP contribution is -2.53. The van der Waals surface area contributed by atoms with E-state index in [2.05, 4.69) is 35.8 Å². The number of hydrogen-bond acceptors (Lipinski definition) is 3. The molecule has 0 amide bonds. The quantitative estimate of drug-likeness (QED) is 0.737. The molecular formula is C21H24FN3O. The maximum absolute atomic E-state index is 14.1. The Morgan fingerprint density at radius 2 is 1.81 bits per heavy atom. The van der Waals surface area contributed by atoms with Gasteiger partial charge >= 0.3 is 0 Å². The van der Waals surface area contributed by atoms with Crippen molar-refractivity contribution in [3.63, 3.8) is 0 Å². The van der Waals surface area contributed by atoms with Crippen molar-refractivity contribution in [1.82, 2.24) is 14.9 Å². The summed E-state index contributed by atoms with van der Waals surface area (Å²) in [5.41, 5.74) is 2.33. The molecule has 2 N–H and O–H groups in total. The summed E-state index contributed by atoms with van der Waals surface area (Å²) < 4.78 is 14.1. The molecule has 0 spiro atoms. The first-order valence-electron chi connectivity index (χ1n) is 9.04. The zero-order valence-corrected chi connectivity index (χ0v) is 15.3. The van der Waals surface area contributed by atoms with E-state index in [0.717, 1.165) is 29.8 Å². The van der Waals surface area contributed by atoms with Crippen LogP contribution in [0.4, 0.5) is 4.39 Å². The molecule has 0 radical (unpaired) electrons. The Kier molecular flexibility index (Phi) is 4.09. The zero-order chi connectivity index (χ0) is 18.5. The zero-order valence-electron chi connectivity index (χ0n) is 15.3. The van der Waals surface area contributed by atoms with Crippen molar-refractivity contribution in [3.05, 3.63) is 54.1 Å². The molecule has 136 valence electrons. The van der Waals surface area contributed by atoms with Crippen molar-refractivity contribution < 1.29 is 9.50 Å². The van der Waals surface area contributed by atoms with Crippen molar-refractivity contribution in [1.29, 1.82) is 0 Å². The van der Waals surface area contributed by atoms with Crippen molar-refractivity contribution in [2.24, 2.45) is 11.8 Å². The lowest BCUT2D eigenvalue weighted by atomic mass is 9.71. The van der Waals surface area contributed by atoms with Crippen LogP contribution in [0.3, 0.4) is 0 Å². The number of piperidine rings is 1. The van der Waals surface area contributed by atoms with Crippen molar-refractivity contribution in [3.8, 4) is 11.1 Å². The average molecular weight is 353 g/mol. The molecule has 0 aliphatic carbocycles. The molecule has 26 heavy (non-hydrogen) atoms. The highest BCUT2D eigenvalue weighted by Crippen LogP contribution is 2.41. The lowest BCUT2D eigenvalue weighted by molar-refractivity contribution is -0.108. The Morgan fingerprint density at radius 3 is 2.46 bits per heavy atom. The molecule has 0 saturated carbocycles. The molecule has 4 rings (SSSR count). The maximum Gasteiger partial charge on any atom is 0.150 e. The summed E-state index contributed by atoms with van der Waals surface area (Å²) in [5, 5.41) is 11.9. The minimum atomic E-state index is -0.849. The summed E-state index contributed by atoms with van der Waals surface area (Å²) in [6.07, 6.45) is 3.01. The molecule has 2 aromatic heterocycles. The van der Waals surface area contributed by atoms with E-state index in [1.807, 2.05) is 30.3 Å². The second kappa shape index (κ2) is 6.18. The van der Waals surface area contributed by atoms with Gasteiger partial charge in [-0.25, -0.2) is 9.37 Å². The Morgan fingerprint density at radius 1 is 1.15 bits per heavy atom. The fourth-order valence-corrected chi connectivity index (χ4v) is 4.52. The first kappa shape index (κ1) is 17.2. The van der Waals surface area contributed by atoms with Crippen LogP contribution in [-0.2, 0) is 5.60 Å². The number of fused-ring (bicyclic) bond motifs is 1. The number of aliphatic hydroxyl groups is 1. The van der Waals surface area contributed by atoms with E-state index in [4.69, 9.17) is 0 Å². The summed E-state index contributed by atoms with van der Waals surface area (Å²) in [7, 11) is 2.09. The molecule has 0 bridgehead atoms. The van der Waals surface area contributed by atoms with Crippen molar-refractivity contribution in [2.75, 3.05) is 20.1 Å². The minimum Gasteiger partial charge on any atom is -0.385 e. The van der Waals surface area contributed by atoms with E-state index in [1.165, 1.54) is 6.20 Å². The number of pyridine rings is 1. The van der Waals surface area contributed by atoms with Crippen molar-refractivity contribution >= 4 is 11.0 Å². The predicted octanol–water partition coefficient (Wildman–Crippen LogP) is 3.77. The Labute approximate surface area is 152 Å². The molecular weight excluding hydrogens is 329 g/mol. The third kappa shape index (κ3) is 2.54. The van der Waals surface area contributed by atoms with Crippen LogP contribution in [0.5, 0.6) is 0 Å². The van der Waals surface area contributed by atoms with Gasteiger partial charge in [0.15, 0.2) is 5.82 Å². The van der Waals surface area contributed by atoms with Crippen LogP contribution in [0.2, 0.25) is 0 Å². The highest BCUT2D eigenvalue weighted by atomic mass is 19.1. The molecule has 4 nitrogen and oxygen atoms in total. The number of benzene rings is 1. The highest BCUT2D eigenvalue weighted by molar-refractivity contribution is 5.93. The summed E-state index contributed by atoms with van der Waals surface area (Å²) >= 11 is 0. The molecule has 3 atom stereocenters. The van der Waals surface area contributed by atoms with Crippen molar-refractivity contribution in [2.45, 2.75) is 19.4 Å². The van der Waals surface area contributed by atoms with E-state index >= 15 is 0 Å². The van der Waals surface area contributed by atoms with Crippen LogP contribution in [-0.4, -0.2) is 40.1 Å². The fourth-order valence-electron chi connectivity index (χ4n) is 4.52. The van der Waals surface area contributed by atoms with Gasteiger partial charge in [0.2, 0.25) is 0 Å². The van der Waals surface area contributed by atoms with E-state index in [0.29, 0.717) is 11.0 Å². The second-order valence-corrected chi connectivity index (χ2v) is 7.64. The lowest BCUT2D eigenvalue weighted by Gasteiger charge is -2.47. The number of hydrogen-bond donors (Lipinski definition) is 2. The SMILES string of the molecule is C[C@@H]1CN(C)C[C@H](C)[C@@]1(O)c1ccc(-c2ccnc3[nH]cc(F)c23)cc1. The molecule has 3 aromatic rings. The predicted molar refractivity (Wildman–Crippen MR) is 101 cm³/mol. The normalized spacial score (nSPS) is 27.1. The van der Waals surface area contributed by atoms with Crippen LogP contribution in [0.25, 0.3) is 22.2 Å². The van der Waals surface area contributed by atoms with Gasteiger partial charge in [0, 0.05) is 37.3 Å². The van der Waals surface area contributed by atoms with E-state index in [1.54, 1.807) is 6.20 Å². The number of nitrogens with zero attached hydrogens (tertiary/aromatic N) is 2. The first-order valence-corrected chi connectivity index (χ1v) is 9.04. The van der Waals surface area contributed by atoms with Crippen LogP contribution in [0, 0.1) is 17.7 Å². The number of nitrogens with one attached hydrogen (secondary N) is 1. The largest absolute Gasteiger partial charge is 0.385 e. The third-order valence-corrected chi connectivity index (χ3v) is 5.86. The van der Waals surface area contributed by atoms with Crippen LogP contribution < -0.4 is 0 Å². The van der Waals surface area contributed by atoms with Crippen LogP contribution in [0.15, 0.2) is 42.7 Å². The Hall–Kier alpha value is -2.24. The number of likely N-dealkylation sites (tertiary alicyclic amines) is 1. The first-order chi connectivity index (χ1) is 12.4. The second-order valence-electron chi connectivity index (χ2n) is 7.64.